The molecule has 0 aliphatic rings. The third-order valence-corrected chi connectivity index (χ3v) is 4.22. The maximum Gasteiger partial charge on any atom is 0.326 e. The van der Waals surface area contributed by atoms with Crippen molar-refractivity contribution < 1.29 is 29.4 Å². The van der Waals surface area contributed by atoms with Gasteiger partial charge in [-0.25, -0.2) is 9.78 Å². The van der Waals surface area contributed by atoms with Crippen LogP contribution in [0.15, 0.2) is 12.5 Å². The van der Waals surface area contributed by atoms with E-state index in [0.717, 1.165) is 0 Å². The lowest BCUT2D eigenvalue weighted by Gasteiger charge is -2.24. The first-order chi connectivity index (χ1) is 14.0. The first-order valence-electron chi connectivity index (χ1n) is 9.52. The number of H-pyrrole nitrogens is 1. The van der Waals surface area contributed by atoms with Crippen LogP contribution in [-0.2, 0) is 25.6 Å². The number of hydrogen-bond donors (Lipinski definition) is 7. The lowest BCUT2D eigenvalue weighted by atomic mass is 10.0. The fraction of sp³-hybridized carbons (Fsp3) is 0.611. The summed E-state index contributed by atoms with van der Waals surface area (Å²) in [6.07, 6.45) is 3.13. The van der Waals surface area contributed by atoms with Gasteiger partial charge >= 0.3 is 5.97 Å². The van der Waals surface area contributed by atoms with Crippen LogP contribution in [0.1, 0.15) is 32.9 Å². The first kappa shape index (κ1) is 25.0. The van der Waals surface area contributed by atoms with E-state index in [2.05, 4.69) is 25.9 Å². The predicted molar refractivity (Wildman–Crippen MR) is 106 cm³/mol. The third-order valence-electron chi connectivity index (χ3n) is 4.22. The molecule has 30 heavy (non-hydrogen) atoms. The Kier molecular flexibility index (Phi) is 9.92. The molecule has 1 rings (SSSR count). The zero-order chi connectivity index (χ0) is 22.8. The van der Waals surface area contributed by atoms with Crippen molar-refractivity contribution in [3.63, 3.8) is 0 Å². The minimum absolute atomic E-state index is 0.0259. The van der Waals surface area contributed by atoms with E-state index >= 15 is 0 Å². The number of rotatable bonds is 12. The molecule has 1 heterocycles. The van der Waals surface area contributed by atoms with Gasteiger partial charge in [-0.3, -0.25) is 14.4 Å². The van der Waals surface area contributed by atoms with Gasteiger partial charge in [0.2, 0.25) is 17.7 Å². The maximum absolute atomic E-state index is 12.7. The Labute approximate surface area is 174 Å². The fourth-order valence-corrected chi connectivity index (χ4v) is 2.56. The molecular weight excluding hydrogens is 396 g/mol. The Morgan fingerprint density at radius 3 is 2.20 bits per heavy atom. The Hall–Kier alpha value is -2.99. The number of aromatic nitrogens is 2. The molecule has 168 valence electrons. The van der Waals surface area contributed by atoms with Gasteiger partial charge in [0.05, 0.1) is 12.9 Å². The minimum atomic E-state index is -1.18. The number of aliphatic hydroxyl groups is 1. The summed E-state index contributed by atoms with van der Waals surface area (Å²) in [5, 5.41) is 25.6. The van der Waals surface area contributed by atoms with E-state index in [-0.39, 0.29) is 18.8 Å². The number of nitrogens with zero attached hydrogens (tertiary/aromatic N) is 1. The van der Waals surface area contributed by atoms with Gasteiger partial charge in [0.15, 0.2) is 0 Å². The molecule has 1 aromatic heterocycles. The van der Waals surface area contributed by atoms with E-state index in [9.17, 15) is 24.3 Å². The van der Waals surface area contributed by atoms with Crippen LogP contribution in [0.5, 0.6) is 0 Å². The SMILES string of the molecule is CC(C)CC(NC(=O)C(Cc1cnc[nH]1)NC(=O)C(C)NC(=O)C(N)CO)C(=O)O. The summed E-state index contributed by atoms with van der Waals surface area (Å²) in [5.74, 6) is -3.24. The summed E-state index contributed by atoms with van der Waals surface area (Å²) in [5.41, 5.74) is 5.95. The van der Waals surface area contributed by atoms with Crippen LogP contribution in [0.25, 0.3) is 0 Å². The minimum Gasteiger partial charge on any atom is -0.480 e. The molecule has 8 N–H and O–H groups in total. The number of carboxylic acid groups (broad SMARTS) is 1. The summed E-state index contributed by atoms with van der Waals surface area (Å²) in [4.78, 5) is 55.1. The number of nitrogens with two attached hydrogens (primary N) is 1. The molecule has 0 saturated carbocycles. The third kappa shape index (κ3) is 8.17. The van der Waals surface area contributed by atoms with Crippen molar-refractivity contribution in [1.82, 2.24) is 25.9 Å². The van der Waals surface area contributed by atoms with Gasteiger partial charge in [0.25, 0.3) is 0 Å². The second-order valence-electron chi connectivity index (χ2n) is 7.39. The summed E-state index contributed by atoms with van der Waals surface area (Å²) in [7, 11) is 0. The number of aromatic amines is 1. The van der Waals surface area contributed by atoms with Crippen LogP contribution in [0.3, 0.4) is 0 Å². The molecule has 0 bridgehead atoms. The molecule has 0 aliphatic carbocycles. The average molecular weight is 426 g/mol. The van der Waals surface area contributed by atoms with Crippen LogP contribution in [0.4, 0.5) is 0 Å². The van der Waals surface area contributed by atoms with Crippen LogP contribution >= 0.6 is 0 Å². The molecule has 0 aromatic carbocycles. The largest absolute Gasteiger partial charge is 0.480 e. The van der Waals surface area contributed by atoms with E-state index in [4.69, 9.17) is 10.8 Å². The van der Waals surface area contributed by atoms with Crippen LogP contribution in [0, 0.1) is 5.92 Å². The van der Waals surface area contributed by atoms with Crippen molar-refractivity contribution in [2.75, 3.05) is 6.61 Å². The molecule has 12 heteroatoms. The van der Waals surface area contributed by atoms with Gasteiger partial charge < -0.3 is 36.9 Å². The zero-order valence-electron chi connectivity index (χ0n) is 17.2. The Balaban J connectivity index is 2.89. The Morgan fingerprint density at radius 1 is 1.07 bits per heavy atom. The standard InChI is InChI=1S/C18H30N6O6/c1-9(2)4-14(18(29)30)24-17(28)13(5-11-6-20-8-21-11)23-15(26)10(3)22-16(27)12(19)7-25/h6,8-10,12-14,25H,4-5,7,19H2,1-3H3,(H,20,21)(H,22,27)(H,23,26)(H,24,28)(H,29,30). The second kappa shape index (κ2) is 11.9. The Morgan fingerprint density at radius 2 is 1.70 bits per heavy atom. The summed E-state index contributed by atoms with van der Waals surface area (Å²) < 4.78 is 0. The topological polar surface area (TPSA) is 200 Å². The maximum atomic E-state index is 12.7. The highest BCUT2D eigenvalue weighted by atomic mass is 16.4. The van der Waals surface area contributed by atoms with E-state index in [1.54, 1.807) is 0 Å². The highest BCUT2D eigenvalue weighted by Crippen LogP contribution is 2.07. The van der Waals surface area contributed by atoms with Gasteiger partial charge in [-0.1, -0.05) is 13.8 Å². The smallest absolute Gasteiger partial charge is 0.326 e. The fourth-order valence-electron chi connectivity index (χ4n) is 2.56. The van der Waals surface area contributed by atoms with E-state index < -0.39 is 54.5 Å². The molecule has 0 aliphatic heterocycles. The number of amides is 3. The summed E-state index contributed by atoms with van der Waals surface area (Å²) >= 11 is 0. The highest BCUT2D eigenvalue weighted by Gasteiger charge is 2.29. The Bertz CT molecular complexity index is 723. The summed E-state index contributed by atoms with van der Waals surface area (Å²) in [6.45, 7) is 4.46. The van der Waals surface area contributed by atoms with Crippen molar-refractivity contribution in [2.45, 2.75) is 57.8 Å². The molecule has 1 aromatic rings. The van der Waals surface area contributed by atoms with E-state index in [0.29, 0.717) is 5.69 Å². The second-order valence-corrected chi connectivity index (χ2v) is 7.39. The molecule has 4 atom stereocenters. The normalized spacial score (nSPS) is 15.0. The van der Waals surface area contributed by atoms with Crippen molar-refractivity contribution >= 4 is 23.7 Å². The van der Waals surface area contributed by atoms with Gasteiger partial charge in [0.1, 0.15) is 24.2 Å². The van der Waals surface area contributed by atoms with Crippen molar-refractivity contribution in [3.8, 4) is 0 Å². The van der Waals surface area contributed by atoms with Crippen molar-refractivity contribution in [2.24, 2.45) is 11.7 Å². The molecular formula is C18H30N6O6. The lowest BCUT2D eigenvalue weighted by Crippen LogP contribution is -2.57. The molecule has 0 radical (unpaired) electrons. The number of hydrogen-bond acceptors (Lipinski definition) is 7. The number of carboxylic acids is 1. The van der Waals surface area contributed by atoms with Crippen molar-refractivity contribution in [1.29, 1.82) is 0 Å². The number of carbonyl (C=O) groups excluding carboxylic acids is 3. The van der Waals surface area contributed by atoms with Gasteiger partial charge in [-0.05, 0) is 19.3 Å². The van der Waals surface area contributed by atoms with Gasteiger partial charge in [-0.15, -0.1) is 0 Å². The number of aliphatic carboxylic acids is 1. The molecule has 12 nitrogen and oxygen atoms in total. The predicted octanol–water partition coefficient (Wildman–Crippen LogP) is -2.12. The molecule has 4 unspecified atom stereocenters. The number of imidazole rings is 1. The average Bonchev–Trinajstić information content (AvgIpc) is 3.18. The quantitative estimate of drug-likeness (QED) is 0.196. The lowest BCUT2D eigenvalue weighted by molar-refractivity contribution is -0.142. The molecule has 3 amide bonds. The van der Waals surface area contributed by atoms with Crippen LogP contribution in [-0.4, -0.2) is 74.6 Å². The number of aliphatic hydroxyl groups excluding tert-OH is 1. The molecule has 0 saturated heterocycles. The first-order valence-corrected chi connectivity index (χ1v) is 9.52. The zero-order valence-corrected chi connectivity index (χ0v) is 17.2. The van der Waals surface area contributed by atoms with E-state index in [1.807, 2.05) is 13.8 Å². The van der Waals surface area contributed by atoms with Crippen molar-refractivity contribution in [3.05, 3.63) is 18.2 Å². The number of carbonyl (C=O) groups is 4. The van der Waals surface area contributed by atoms with E-state index in [1.165, 1.54) is 19.4 Å². The number of nitrogens with one attached hydrogen (secondary N) is 4. The van der Waals surface area contributed by atoms with Gasteiger partial charge in [-0.2, -0.15) is 0 Å². The highest BCUT2D eigenvalue weighted by molar-refractivity contribution is 5.94. The molecule has 0 spiro atoms. The summed E-state index contributed by atoms with van der Waals surface area (Å²) in [6, 6.07) is -4.45. The molecule has 0 fully saturated rings. The van der Waals surface area contributed by atoms with Crippen LogP contribution in [0.2, 0.25) is 0 Å². The van der Waals surface area contributed by atoms with Gasteiger partial charge in [0, 0.05) is 18.3 Å². The van der Waals surface area contributed by atoms with Crippen LogP contribution < -0.4 is 21.7 Å². The monoisotopic (exact) mass is 426 g/mol.